The number of hydrogen-bond acceptors (Lipinski definition) is 8. The Morgan fingerprint density at radius 3 is 2.59 bits per heavy atom. The highest BCUT2D eigenvalue weighted by Gasteiger charge is 2.20. The number of amides is 1. The normalized spacial score (nSPS) is 11.1. The van der Waals surface area contributed by atoms with Crippen molar-refractivity contribution in [1.82, 2.24) is 9.88 Å². The molecule has 0 aliphatic rings. The predicted molar refractivity (Wildman–Crippen MR) is 130 cm³/mol. The maximum atomic E-state index is 13.1. The number of rotatable bonds is 11. The number of non-ortho nitro benzene ring substituents is 1. The molecule has 1 aromatic heterocycles. The number of methoxy groups -OCH3 is 1. The van der Waals surface area contributed by atoms with E-state index < -0.39 is 4.92 Å². The van der Waals surface area contributed by atoms with Crippen LogP contribution in [0.4, 0.5) is 10.8 Å². The molecule has 0 saturated carbocycles. The SMILES string of the molecule is COc1ccc(SCCC(=O)N(CCCN(C)C)c2nc3ccc([N+](=O)[O-])cc3s2)cc1. The molecule has 3 rings (SSSR count). The average molecular weight is 475 g/mol. The first kappa shape index (κ1) is 24.0. The predicted octanol–water partition coefficient (Wildman–Crippen LogP) is 4.68. The Kier molecular flexibility index (Phi) is 8.43. The standard InChI is InChI=1S/C22H26N4O4S2/c1-24(2)12-4-13-25(21(27)11-14-31-18-8-6-17(30-3)7-9-18)22-23-19-10-5-16(26(28)29)15-20(19)32-22/h5-10,15H,4,11-14H2,1-3H3. The van der Waals surface area contributed by atoms with Gasteiger partial charge in [0.25, 0.3) is 5.69 Å². The number of thioether (sulfide) groups is 1. The van der Waals surface area contributed by atoms with Crippen LogP contribution in [0.5, 0.6) is 5.75 Å². The number of nitrogens with zero attached hydrogens (tertiary/aromatic N) is 4. The lowest BCUT2D eigenvalue weighted by Gasteiger charge is -2.21. The number of aromatic nitrogens is 1. The van der Waals surface area contributed by atoms with Crippen LogP contribution in [0, 0.1) is 10.1 Å². The first-order chi connectivity index (χ1) is 15.4. The van der Waals surface area contributed by atoms with E-state index in [0.717, 1.165) is 23.6 Å². The lowest BCUT2D eigenvalue weighted by molar-refractivity contribution is -0.384. The van der Waals surface area contributed by atoms with E-state index >= 15 is 0 Å². The Hall–Kier alpha value is -2.69. The number of ether oxygens (including phenoxy) is 1. The Labute approximate surface area is 195 Å². The number of thiazole rings is 1. The van der Waals surface area contributed by atoms with E-state index in [1.165, 1.54) is 23.5 Å². The van der Waals surface area contributed by atoms with Crippen molar-refractivity contribution in [2.75, 3.05) is 44.9 Å². The van der Waals surface area contributed by atoms with Crippen LogP contribution in [-0.4, -0.2) is 60.8 Å². The first-order valence-electron chi connectivity index (χ1n) is 10.1. The summed E-state index contributed by atoms with van der Waals surface area (Å²) in [4.78, 5) is 33.2. The van der Waals surface area contributed by atoms with Gasteiger partial charge in [0.05, 0.1) is 22.2 Å². The summed E-state index contributed by atoms with van der Waals surface area (Å²) in [6, 6.07) is 12.3. The Morgan fingerprint density at radius 2 is 1.94 bits per heavy atom. The molecule has 0 N–H and O–H groups in total. The van der Waals surface area contributed by atoms with Crippen molar-refractivity contribution in [1.29, 1.82) is 0 Å². The third-order valence-electron chi connectivity index (χ3n) is 4.73. The lowest BCUT2D eigenvalue weighted by atomic mass is 10.3. The average Bonchev–Trinajstić information content (AvgIpc) is 3.19. The molecule has 8 nitrogen and oxygen atoms in total. The van der Waals surface area contributed by atoms with E-state index in [4.69, 9.17) is 4.74 Å². The first-order valence-corrected chi connectivity index (χ1v) is 11.9. The summed E-state index contributed by atoms with van der Waals surface area (Å²) in [5.74, 6) is 1.44. The van der Waals surface area contributed by atoms with Crippen molar-refractivity contribution in [2.24, 2.45) is 0 Å². The van der Waals surface area contributed by atoms with Crippen molar-refractivity contribution in [2.45, 2.75) is 17.7 Å². The summed E-state index contributed by atoms with van der Waals surface area (Å²) in [7, 11) is 5.62. The molecular weight excluding hydrogens is 448 g/mol. The summed E-state index contributed by atoms with van der Waals surface area (Å²) >= 11 is 2.93. The summed E-state index contributed by atoms with van der Waals surface area (Å²) in [5, 5.41) is 11.7. The molecular formula is C22H26N4O4S2. The number of carbonyl (C=O) groups is 1. The van der Waals surface area contributed by atoms with E-state index in [9.17, 15) is 14.9 Å². The molecule has 2 aromatic carbocycles. The summed E-state index contributed by atoms with van der Waals surface area (Å²) in [5.41, 5.74) is 0.683. The summed E-state index contributed by atoms with van der Waals surface area (Å²) in [6.45, 7) is 1.40. The van der Waals surface area contributed by atoms with Gasteiger partial charge in [0.15, 0.2) is 5.13 Å². The zero-order valence-corrected chi connectivity index (χ0v) is 19.9. The third-order valence-corrected chi connectivity index (χ3v) is 6.79. The Bertz CT molecular complexity index is 1070. The van der Waals surface area contributed by atoms with Crippen LogP contribution >= 0.6 is 23.1 Å². The topological polar surface area (TPSA) is 88.8 Å². The van der Waals surface area contributed by atoms with Crippen molar-refractivity contribution in [3.05, 3.63) is 52.6 Å². The lowest BCUT2D eigenvalue weighted by Crippen LogP contribution is -2.33. The number of benzene rings is 2. The molecule has 0 aliphatic heterocycles. The number of carbonyl (C=O) groups excluding carboxylic acids is 1. The van der Waals surface area contributed by atoms with Gasteiger partial charge in [-0.15, -0.1) is 11.8 Å². The van der Waals surface area contributed by atoms with Crippen LogP contribution in [0.2, 0.25) is 0 Å². The molecule has 0 saturated heterocycles. The second-order valence-electron chi connectivity index (χ2n) is 7.38. The Balaban J connectivity index is 1.71. The summed E-state index contributed by atoms with van der Waals surface area (Å²) < 4.78 is 5.88. The minimum Gasteiger partial charge on any atom is -0.497 e. The highest BCUT2D eigenvalue weighted by Crippen LogP contribution is 2.32. The number of nitro benzene ring substituents is 1. The van der Waals surface area contributed by atoms with Gasteiger partial charge in [-0.3, -0.25) is 19.8 Å². The second-order valence-corrected chi connectivity index (χ2v) is 9.56. The van der Waals surface area contributed by atoms with Gasteiger partial charge in [-0.1, -0.05) is 11.3 Å². The van der Waals surface area contributed by atoms with Crippen LogP contribution in [-0.2, 0) is 4.79 Å². The van der Waals surface area contributed by atoms with E-state index in [-0.39, 0.29) is 11.6 Å². The van der Waals surface area contributed by atoms with Gasteiger partial charge in [0.2, 0.25) is 5.91 Å². The fourth-order valence-corrected chi connectivity index (χ4v) is 4.95. The molecule has 32 heavy (non-hydrogen) atoms. The minimum absolute atomic E-state index is 0.00155. The fourth-order valence-electron chi connectivity index (χ4n) is 3.07. The number of nitro groups is 1. The molecule has 0 unspecified atom stereocenters. The van der Waals surface area contributed by atoms with Gasteiger partial charge in [0, 0.05) is 35.7 Å². The number of fused-ring (bicyclic) bond motifs is 1. The van der Waals surface area contributed by atoms with Crippen LogP contribution in [0.15, 0.2) is 47.4 Å². The highest BCUT2D eigenvalue weighted by atomic mass is 32.2. The van der Waals surface area contributed by atoms with Crippen LogP contribution < -0.4 is 9.64 Å². The zero-order chi connectivity index (χ0) is 23.1. The molecule has 10 heteroatoms. The van der Waals surface area contributed by atoms with E-state index in [2.05, 4.69) is 9.88 Å². The van der Waals surface area contributed by atoms with Gasteiger partial charge in [-0.05, 0) is 57.4 Å². The van der Waals surface area contributed by atoms with Gasteiger partial charge in [0.1, 0.15) is 5.75 Å². The van der Waals surface area contributed by atoms with Gasteiger partial charge in [-0.2, -0.15) is 0 Å². The van der Waals surface area contributed by atoms with E-state index in [1.54, 1.807) is 29.8 Å². The second kappa shape index (κ2) is 11.3. The molecule has 1 heterocycles. The van der Waals surface area contributed by atoms with Gasteiger partial charge < -0.3 is 9.64 Å². The molecule has 0 spiro atoms. The number of anilines is 1. The highest BCUT2D eigenvalue weighted by molar-refractivity contribution is 7.99. The minimum atomic E-state index is -0.421. The smallest absolute Gasteiger partial charge is 0.270 e. The largest absolute Gasteiger partial charge is 0.497 e. The van der Waals surface area contributed by atoms with Crippen molar-refractivity contribution in [3.63, 3.8) is 0 Å². The summed E-state index contributed by atoms with van der Waals surface area (Å²) in [6.07, 6.45) is 1.18. The number of hydrogen-bond donors (Lipinski definition) is 0. The van der Waals surface area contributed by atoms with Gasteiger partial charge in [-0.25, -0.2) is 4.98 Å². The van der Waals surface area contributed by atoms with Crippen LogP contribution in [0.25, 0.3) is 10.2 Å². The molecule has 0 bridgehead atoms. The molecule has 0 aliphatic carbocycles. The zero-order valence-electron chi connectivity index (χ0n) is 18.3. The molecule has 0 radical (unpaired) electrons. The van der Waals surface area contributed by atoms with Crippen molar-refractivity contribution < 1.29 is 14.5 Å². The third kappa shape index (κ3) is 6.41. The molecule has 3 aromatic rings. The quantitative estimate of drug-likeness (QED) is 0.226. The van der Waals surface area contributed by atoms with E-state index in [1.807, 2.05) is 38.4 Å². The molecule has 0 fully saturated rings. The van der Waals surface area contributed by atoms with Crippen molar-refractivity contribution in [3.8, 4) is 5.75 Å². The molecule has 0 atom stereocenters. The van der Waals surface area contributed by atoms with Gasteiger partial charge >= 0.3 is 0 Å². The maximum absolute atomic E-state index is 13.1. The van der Waals surface area contributed by atoms with Crippen molar-refractivity contribution >= 4 is 50.0 Å². The maximum Gasteiger partial charge on any atom is 0.270 e. The van der Waals surface area contributed by atoms with Crippen LogP contribution in [0.3, 0.4) is 0 Å². The van der Waals surface area contributed by atoms with E-state index in [0.29, 0.717) is 34.1 Å². The Morgan fingerprint density at radius 1 is 1.19 bits per heavy atom. The van der Waals surface area contributed by atoms with Crippen LogP contribution in [0.1, 0.15) is 12.8 Å². The monoisotopic (exact) mass is 474 g/mol. The molecule has 1 amide bonds. The fraction of sp³-hybridized carbons (Fsp3) is 0.364. The molecule has 170 valence electrons.